The van der Waals surface area contributed by atoms with Crippen LogP contribution in [0.5, 0.6) is 5.75 Å². The molecule has 2 nitrogen and oxygen atoms in total. The maximum atomic E-state index is 6.63. The van der Waals surface area contributed by atoms with Gasteiger partial charge in [0.1, 0.15) is 12.4 Å². The predicted molar refractivity (Wildman–Crippen MR) is 106 cm³/mol. The summed E-state index contributed by atoms with van der Waals surface area (Å²) in [6.07, 6.45) is 1.11. The topological polar surface area (TPSA) is 18.5 Å². The molecule has 0 fully saturated rings. The molecule has 0 aliphatic carbocycles. The molecule has 0 amide bonds. The lowest BCUT2D eigenvalue weighted by Crippen LogP contribution is -2.46. The summed E-state index contributed by atoms with van der Waals surface area (Å²) in [5, 5.41) is 0.207. The van der Waals surface area contributed by atoms with Gasteiger partial charge in [-0.1, -0.05) is 63.5 Å². The number of rotatable bonds is 6. The van der Waals surface area contributed by atoms with E-state index >= 15 is 0 Å². The Balaban J connectivity index is 2.81. The SMILES string of the molecule is CC(C)(C)CC(COc1cccc(Br)c1)O[Si](C)(C)C(C)(C)C. The van der Waals surface area contributed by atoms with Crippen molar-refractivity contribution in [2.45, 2.75) is 72.2 Å². The smallest absolute Gasteiger partial charge is 0.192 e. The Kier molecular flexibility index (Phi) is 6.94. The summed E-state index contributed by atoms with van der Waals surface area (Å²) in [6.45, 7) is 18.8. The van der Waals surface area contributed by atoms with Gasteiger partial charge in [-0.15, -0.1) is 0 Å². The van der Waals surface area contributed by atoms with Crippen LogP contribution in [0.4, 0.5) is 0 Å². The molecule has 0 aliphatic heterocycles. The minimum Gasteiger partial charge on any atom is -0.491 e. The van der Waals surface area contributed by atoms with E-state index in [0.29, 0.717) is 6.61 Å². The highest BCUT2D eigenvalue weighted by atomic mass is 79.9. The number of halogens is 1. The molecular formula is C19H33BrO2Si. The zero-order valence-electron chi connectivity index (χ0n) is 16.0. The normalized spacial score (nSPS) is 14.7. The monoisotopic (exact) mass is 400 g/mol. The molecule has 1 unspecified atom stereocenters. The second kappa shape index (κ2) is 7.71. The molecule has 0 N–H and O–H groups in total. The Hall–Kier alpha value is -0.323. The molecule has 1 aromatic carbocycles. The van der Waals surface area contributed by atoms with Crippen LogP contribution in [0.1, 0.15) is 48.0 Å². The van der Waals surface area contributed by atoms with E-state index in [1.807, 2.05) is 24.3 Å². The lowest BCUT2D eigenvalue weighted by molar-refractivity contribution is 0.0789. The van der Waals surface area contributed by atoms with Gasteiger partial charge in [-0.2, -0.15) is 0 Å². The zero-order chi connectivity index (χ0) is 17.9. The number of ether oxygens (including phenoxy) is 1. The second-order valence-corrected chi connectivity index (χ2v) is 14.7. The van der Waals surface area contributed by atoms with Crippen molar-refractivity contribution >= 4 is 24.2 Å². The summed E-state index contributed by atoms with van der Waals surface area (Å²) in [5.41, 5.74) is 0.216. The first-order chi connectivity index (χ1) is 10.3. The number of benzene rings is 1. The van der Waals surface area contributed by atoms with Crippen LogP contribution in [0.25, 0.3) is 0 Å². The van der Waals surface area contributed by atoms with Crippen molar-refractivity contribution in [2.24, 2.45) is 5.41 Å². The maximum Gasteiger partial charge on any atom is 0.192 e. The van der Waals surface area contributed by atoms with Gasteiger partial charge in [0.2, 0.25) is 0 Å². The third-order valence-corrected chi connectivity index (χ3v) is 9.37. The first kappa shape index (κ1) is 20.7. The quantitative estimate of drug-likeness (QED) is 0.497. The summed E-state index contributed by atoms with van der Waals surface area (Å²) >= 11 is 3.49. The molecule has 0 bridgehead atoms. The summed E-state index contributed by atoms with van der Waals surface area (Å²) in [7, 11) is -1.81. The first-order valence-corrected chi connectivity index (χ1v) is 12.1. The van der Waals surface area contributed by atoms with Gasteiger partial charge in [0.05, 0.1) is 6.10 Å². The standard InChI is InChI=1S/C19H33BrO2Si/c1-18(2,3)13-17(22-23(7,8)19(4,5)6)14-21-16-11-9-10-15(20)12-16/h9-12,17H,13-14H2,1-8H3. The highest BCUT2D eigenvalue weighted by molar-refractivity contribution is 9.10. The molecule has 4 heteroatoms. The molecule has 1 aromatic rings. The van der Waals surface area contributed by atoms with Crippen molar-refractivity contribution in [3.63, 3.8) is 0 Å². The van der Waals surface area contributed by atoms with Crippen LogP contribution >= 0.6 is 15.9 Å². The van der Waals surface area contributed by atoms with Crippen molar-refractivity contribution in [2.75, 3.05) is 6.61 Å². The summed E-state index contributed by atoms with van der Waals surface area (Å²) in [5.74, 6) is 0.886. The van der Waals surface area contributed by atoms with Crippen LogP contribution < -0.4 is 4.74 Å². The molecule has 0 radical (unpaired) electrons. The summed E-state index contributed by atoms with van der Waals surface area (Å²) in [4.78, 5) is 0. The Morgan fingerprint density at radius 3 is 2.17 bits per heavy atom. The van der Waals surface area contributed by atoms with Gasteiger partial charge >= 0.3 is 0 Å². The van der Waals surface area contributed by atoms with E-state index in [2.05, 4.69) is 70.6 Å². The summed E-state index contributed by atoms with van der Waals surface area (Å²) in [6, 6.07) is 7.99. The highest BCUT2D eigenvalue weighted by Gasteiger charge is 2.40. The van der Waals surface area contributed by atoms with Crippen molar-refractivity contribution in [3.8, 4) is 5.75 Å². The fourth-order valence-corrected chi connectivity index (χ4v) is 3.87. The lowest BCUT2D eigenvalue weighted by atomic mass is 9.89. The van der Waals surface area contributed by atoms with Crippen LogP contribution in [0.3, 0.4) is 0 Å². The summed E-state index contributed by atoms with van der Waals surface area (Å²) < 4.78 is 13.7. The predicted octanol–water partition coefficient (Wildman–Crippen LogP) is 6.65. The molecule has 0 saturated heterocycles. The molecule has 0 aliphatic rings. The van der Waals surface area contributed by atoms with Gasteiger partial charge in [-0.25, -0.2) is 0 Å². The zero-order valence-corrected chi connectivity index (χ0v) is 18.6. The van der Waals surface area contributed by atoms with Crippen molar-refractivity contribution in [1.29, 1.82) is 0 Å². The Labute approximate surface area is 152 Å². The van der Waals surface area contributed by atoms with Crippen molar-refractivity contribution in [1.82, 2.24) is 0 Å². The molecule has 0 heterocycles. The van der Waals surface area contributed by atoms with Gasteiger partial charge in [0, 0.05) is 4.47 Å². The average molecular weight is 401 g/mol. The maximum absolute atomic E-state index is 6.63. The van der Waals surface area contributed by atoms with Gasteiger partial charge in [-0.3, -0.25) is 0 Å². The van der Waals surface area contributed by atoms with Gasteiger partial charge < -0.3 is 9.16 Å². The van der Waals surface area contributed by atoms with Crippen LogP contribution in [-0.2, 0) is 4.43 Å². The first-order valence-electron chi connectivity index (χ1n) is 8.36. The van der Waals surface area contributed by atoms with E-state index in [9.17, 15) is 0 Å². The fraction of sp³-hybridized carbons (Fsp3) is 0.684. The molecule has 132 valence electrons. The van der Waals surface area contributed by atoms with Gasteiger partial charge in [0.25, 0.3) is 0 Å². The van der Waals surface area contributed by atoms with E-state index < -0.39 is 8.32 Å². The molecule has 0 saturated carbocycles. The fourth-order valence-electron chi connectivity index (χ4n) is 2.16. The van der Waals surface area contributed by atoms with E-state index in [1.165, 1.54) is 0 Å². The average Bonchev–Trinajstić information content (AvgIpc) is 2.32. The second-order valence-electron chi connectivity index (χ2n) is 9.03. The minimum absolute atomic E-state index is 0.120. The molecule has 1 rings (SSSR count). The molecule has 23 heavy (non-hydrogen) atoms. The van der Waals surface area contributed by atoms with E-state index in [-0.39, 0.29) is 16.6 Å². The van der Waals surface area contributed by atoms with Crippen LogP contribution in [0.2, 0.25) is 18.1 Å². The lowest BCUT2D eigenvalue weighted by Gasteiger charge is -2.40. The largest absolute Gasteiger partial charge is 0.491 e. The van der Waals surface area contributed by atoms with E-state index in [4.69, 9.17) is 9.16 Å². The molecular weight excluding hydrogens is 368 g/mol. The third-order valence-electron chi connectivity index (χ3n) is 4.34. The molecule has 0 spiro atoms. The number of hydrogen-bond acceptors (Lipinski definition) is 2. The van der Waals surface area contributed by atoms with Crippen molar-refractivity contribution in [3.05, 3.63) is 28.7 Å². The Morgan fingerprint density at radius 1 is 1.09 bits per heavy atom. The van der Waals surface area contributed by atoms with Crippen molar-refractivity contribution < 1.29 is 9.16 Å². The third kappa shape index (κ3) is 7.40. The van der Waals surface area contributed by atoms with Crippen LogP contribution in [0.15, 0.2) is 28.7 Å². The van der Waals surface area contributed by atoms with E-state index in [0.717, 1.165) is 16.6 Å². The minimum atomic E-state index is -1.81. The number of hydrogen-bond donors (Lipinski definition) is 0. The highest BCUT2D eigenvalue weighted by Crippen LogP contribution is 2.38. The van der Waals surface area contributed by atoms with E-state index in [1.54, 1.807) is 0 Å². The molecule has 0 aromatic heterocycles. The molecule has 1 atom stereocenters. The Bertz CT molecular complexity index is 501. The Morgan fingerprint density at radius 2 is 1.70 bits per heavy atom. The van der Waals surface area contributed by atoms with Gasteiger partial charge in [0.15, 0.2) is 8.32 Å². The van der Waals surface area contributed by atoms with Crippen LogP contribution in [-0.4, -0.2) is 21.0 Å². The van der Waals surface area contributed by atoms with Crippen LogP contribution in [0, 0.1) is 5.41 Å². The van der Waals surface area contributed by atoms with Gasteiger partial charge in [-0.05, 0) is 48.2 Å².